The Bertz CT molecular complexity index is 179. The first-order valence-corrected chi connectivity index (χ1v) is 3.61. The molecule has 0 aromatic heterocycles. The van der Waals surface area contributed by atoms with E-state index >= 15 is 0 Å². The first kappa shape index (κ1) is 8.04. The lowest BCUT2D eigenvalue weighted by molar-refractivity contribution is -0.141. The van der Waals surface area contributed by atoms with Gasteiger partial charge in [-0.05, 0) is 6.42 Å². The van der Waals surface area contributed by atoms with E-state index in [4.69, 9.17) is 4.74 Å². The van der Waals surface area contributed by atoms with E-state index in [2.05, 4.69) is 5.32 Å². The monoisotopic (exact) mass is 157 g/mol. The molecule has 4 heteroatoms. The van der Waals surface area contributed by atoms with Crippen LogP contribution < -0.4 is 5.32 Å². The van der Waals surface area contributed by atoms with Gasteiger partial charge in [0, 0.05) is 13.5 Å². The lowest BCUT2D eigenvalue weighted by atomic mass is 10.1. The summed E-state index contributed by atoms with van der Waals surface area (Å²) in [5, 5.41) is 2.58. The molecule has 4 nitrogen and oxygen atoms in total. The van der Waals surface area contributed by atoms with E-state index < -0.39 is 0 Å². The Labute approximate surface area is 64.9 Å². The van der Waals surface area contributed by atoms with E-state index in [-0.39, 0.29) is 17.8 Å². The van der Waals surface area contributed by atoms with Gasteiger partial charge in [0.25, 0.3) is 0 Å². The third-order valence-corrected chi connectivity index (χ3v) is 1.64. The first-order chi connectivity index (χ1) is 5.20. The van der Waals surface area contributed by atoms with Gasteiger partial charge in [0.05, 0.1) is 12.5 Å². The minimum Gasteiger partial charge on any atom is -0.465 e. The molecule has 1 aliphatic heterocycles. The summed E-state index contributed by atoms with van der Waals surface area (Å²) < 4.78 is 4.71. The van der Waals surface area contributed by atoms with Crippen LogP contribution in [0.3, 0.4) is 0 Å². The number of hydrogen-bond acceptors (Lipinski definition) is 3. The van der Waals surface area contributed by atoms with Crippen LogP contribution in [0.1, 0.15) is 13.3 Å². The van der Waals surface area contributed by atoms with Crippen molar-refractivity contribution in [2.24, 2.45) is 5.92 Å². The molecule has 0 aromatic carbocycles. The molecule has 1 N–H and O–H groups in total. The number of carbonyl (C=O) groups excluding carboxylic acids is 2. The van der Waals surface area contributed by atoms with Gasteiger partial charge in [-0.2, -0.15) is 0 Å². The Morgan fingerprint density at radius 3 is 3.00 bits per heavy atom. The second-order valence-corrected chi connectivity index (χ2v) is 2.59. The van der Waals surface area contributed by atoms with Crippen LogP contribution >= 0.6 is 0 Å². The molecule has 1 unspecified atom stereocenters. The highest BCUT2D eigenvalue weighted by molar-refractivity contribution is 5.77. The molecule has 62 valence electrons. The average Bonchev–Trinajstić information content (AvgIpc) is 2.31. The van der Waals surface area contributed by atoms with Crippen LogP contribution in [0, 0.1) is 5.92 Å². The Kier molecular flexibility index (Phi) is 2.46. The summed E-state index contributed by atoms with van der Waals surface area (Å²) in [5.74, 6) is -0.428. The summed E-state index contributed by atoms with van der Waals surface area (Å²) in [6, 6.07) is 0. The van der Waals surface area contributed by atoms with E-state index in [9.17, 15) is 9.59 Å². The van der Waals surface area contributed by atoms with Gasteiger partial charge in [-0.3, -0.25) is 9.59 Å². The van der Waals surface area contributed by atoms with Crippen LogP contribution in [0.2, 0.25) is 0 Å². The van der Waals surface area contributed by atoms with E-state index in [1.807, 2.05) is 0 Å². The fraction of sp³-hybridized carbons (Fsp3) is 0.714. The number of ether oxygens (including phenoxy) is 1. The molecule has 0 aromatic rings. The standard InChI is InChI=1S/C7H11NO3/c1-5(9)8-4-6-2-3-11-7(6)10/h6H,2-4H2,1H3,(H,8,9). The maximum Gasteiger partial charge on any atom is 0.310 e. The predicted molar refractivity (Wildman–Crippen MR) is 37.7 cm³/mol. The van der Waals surface area contributed by atoms with Crippen molar-refractivity contribution >= 4 is 11.9 Å². The van der Waals surface area contributed by atoms with Crippen molar-refractivity contribution in [2.75, 3.05) is 13.2 Å². The quantitative estimate of drug-likeness (QED) is 0.559. The van der Waals surface area contributed by atoms with E-state index in [1.165, 1.54) is 6.92 Å². The molecule has 1 atom stereocenters. The number of nitrogens with one attached hydrogen (secondary N) is 1. The Hall–Kier alpha value is -1.06. The van der Waals surface area contributed by atoms with Crippen molar-refractivity contribution in [3.05, 3.63) is 0 Å². The van der Waals surface area contributed by atoms with Gasteiger partial charge in [-0.25, -0.2) is 0 Å². The number of hydrogen-bond donors (Lipinski definition) is 1. The average molecular weight is 157 g/mol. The van der Waals surface area contributed by atoms with Crippen molar-refractivity contribution in [3.63, 3.8) is 0 Å². The summed E-state index contributed by atoms with van der Waals surface area (Å²) >= 11 is 0. The van der Waals surface area contributed by atoms with Gasteiger partial charge >= 0.3 is 5.97 Å². The van der Waals surface area contributed by atoms with E-state index in [1.54, 1.807) is 0 Å². The smallest absolute Gasteiger partial charge is 0.310 e. The van der Waals surface area contributed by atoms with Gasteiger partial charge in [0.15, 0.2) is 0 Å². The first-order valence-electron chi connectivity index (χ1n) is 3.61. The largest absolute Gasteiger partial charge is 0.465 e. The van der Waals surface area contributed by atoms with Crippen molar-refractivity contribution in [1.82, 2.24) is 5.32 Å². The lowest BCUT2D eigenvalue weighted by Crippen LogP contribution is -2.29. The van der Waals surface area contributed by atoms with Crippen LogP contribution in [0.5, 0.6) is 0 Å². The minimum absolute atomic E-state index is 0.107. The molecule has 1 aliphatic rings. The van der Waals surface area contributed by atoms with Crippen LogP contribution in [0.25, 0.3) is 0 Å². The topological polar surface area (TPSA) is 55.4 Å². The number of amides is 1. The summed E-state index contributed by atoms with van der Waals surface area (Å²) in [5.41, 5.74) is 0. The second-order valence-electron chi connectivity index (χ2n) is 2.59. The third kappa shape index (κ3) is 2.22. The molecule has 1 saturated heterocycles. The molecule has 0 aliphatic carbocycles. The SMILES string of the molecule is CC(=O)NCC1CCOC1=O. The summed E-state index contributed by atoms with van der Waals surface area (Å²) in [7, 11) is 0. The highest BCUT2D eigenvalue weighted by Gasteiger charge is 2.25. The van der Waals surface area contributed by atoms with Crippen molar-refractivity contribution < 1.29 is 14.3 Å². The van der Waals surface area contributed by atoms with Gasteiger partial charge < -0.3 is 10.1 Å². The van der Waals surface area contributed by atoms with Crippen LogP contribution in [0.4, 0.5) is 0 Å². The zero-order chi connectivity index (χ0) is 8.27. The number of rotatable bonds is 2. The Balaban J connectivity index is 2.26. The van der Waals surface area contributed by atoms with Gasteiger partial charge in [-0.1, -0.05) is 0 Å². The summed E-state index contributed by atoms with van der Waals surface area (Å²) in [4.78, 5) is 21.3. The highest BCUT2D eigenvalue weighted by atomic mass is 16.5. The Morgan fingerprint density at radius 1 is 1.82 bits per heavy atom. The maximum atomic E-state index is 10.8. The predicted octanol–water partition coefficient (Wildman–Crippen LogP) is -0.314. The zero-order valence-electron chi connectivity index (χ0n) is 6.42. The molecule has 1 heterocycles. The molecule has 0 spiro atoms. The van der Waals surface area contributed by atoms with Gasteiger partial charge in [0.1, 0.15) is 0 Å². The van der Waals surface area contributed by atoms with Crippen molar-refractivity contribution in [3.8, 4) is 0 Å². The number of cyclic esters (lactones) is 1. The lowest BCUT2D eigenvalue weighted by Gasteiger charge is -2.04. The van der Waals surface area contributed by atoms with Crippen LogP contribution in [0.15, 0.2) is 0 Å². The van der Waals surface area contributed by atoms with Crippen LogP contribution in [-0.4, -0.2) is 25.0 Å². The highest BCUT2D eigenvalue weighted by Crippen LogP contribution is 2.12. The van der Waals surface area contributed by atoms with Crippen molar-refractivity contribution in [2.45, 2.75) is 13.3 Å². The van der Waals surface area contributed by atoms with E-state index in [0.29, 0.717) is 13.2 Å². The normalized spacial score (nSPS) is 23.0. The molecule has 11 heavy (non-hydrogen) atoms. The molecular weight excluding hydrogens is 146 g/mol. The molecule has 1 amide bonds. The van der Waals surface area contributed by atoms with Gasteiger partial charge in [0.2, 0.25) is 5.91 Å². The summed E-state index contributed by atoms with van der Waals surface area (Å²) in [6.45, 7) is 2.33. The third-order valence-electron chi connectivity index (χ3n) is 1.64. The fourth-order valence-corrected chi connectivity index (χ4v) is 0.990. The number of esters is 1. The Morgan fingerprint density at radius 2 is 2.55 bits per heavy atom. The summed E-state index contributed by atoms with van der Waals surface area (Å²) in [6.07, 6.45) is 0.721. The minimum atomic E-state index is -0.196. The number of carbonyl (C=O) groups is 2. The molecule has 0 radical (unpaired) electrons. The molecule has 0 saturated carbocycles. The fourth-order valence-electron chi connectivity index (χ4n) is 0.990. The van der Waals surface area contributed by atoms with Crippen LogP contribution in [-0.2, 0) is 14.3 Å². The van der Waals surface area contributed by atoms with Gasteiger partial charge in [-0.15, -0.1) is 0 Å². The molecule has 1 fully saturated rings. The molecule has 0 bridgehead atoms. The second kappa shape index (κ2) is 3.37. The maximum absolute atomic E-state index is 10.8. The molecule has 1 rings (SSSR count). The zero-order valence-corrected chi connectivity index (χ0v) is 6.42. The molecular formula is C7H11NO3. The van der Waals surface area contributed by atoms with Crippen molar-refractivity contribution in [1.29, 1.82) is 0 Å². The van der Waals surface area contributed by atoms with E-state index in [0.717, 1.165) is 6.42 Å².